The highest BCUT2D eigenvalue weighted by atomic mass is 16.6. The van der Waals surface area contributed by atoms with Crippen molar-refractivity contribution in [3.8, 4) is 0 Å². The second-order valence-corrected chi connectivity index (χ2v) is 6.01. The van der Waals surface area contributed by atoms with Gasteiger partial charge in [-0.2, -0.15) is 4.98 Å². The van der Waals surface area contributed by atoms with Crippen molar-refractivity contribution in [2.45, 2.75) is 50.4 Å². The Hall–Kier alpha value is -2.54. The number of carbonyl (C=O) groups excluding carboxylic acids is 3. The number of rotatable bonds is 5. The van der Waals surface area contributed by atoms with Crippen LogP contribution < -0.4 is 11.4 Å². The summed E-state index contributed by atoms with van der Waals surface area (Å²) < 4.78 is 5.80. The molecule has 0 amide bonds. The fraction of sp³-hybridized carbons (Fsp3) is 0.571. The molecule has 1 aromatic rings. The quantitative estimate of drug-likeness (QED) is 0.405. The predicted octanol–water partition coefficient (Wildman–Crippen LogP) is -3.29. The summed E-state index contributed by atoms with van der Waals surface area (Å²) in [5.41, 5.74) is -1.86. The Morgan fingerprint density at radius 3 is 2.19 bits per heavy atom. The number of ether oxygens (including phenoxy) is 1. The van der Waals surface area contributed by atoms with Crippen molar-refractivity contribution in [1.29, 1.82) is 0 Å². The molecule has 2 rings (SSSR count). The molecule has 12 nitrogen and oxygen atoms in total. The number of aromatic nitrogens is 3. The standard InChI is InChI=1S/C14H18N4O8/c1-5(19)8(22)9-13(24,6(2)20)14(25,7(3)21)10(26-9)18-4-16-11(15)17-12(18)23/h4,8-10,22,24-25H,1-3H3,(H2,15,17,23)/t8-,9-,10-,13-,14+/m1/s1. The zero-order valence-corrected chi connectivity index (χ0v) is 14.1. The van der Waals surface area contributed by atoms with E-state index in [-0.39, 0.29) is 0 Å². The Labute approximate surface area is 146 Å². The number of hydrogen-bond acceptors (Lipinski definition) is 11. The molecule has 1 aliphatic heterocycles. The molecule has 1 aliphatic rings. The Balaban J connectivity index is 2.77. The largest absolute Gasteiger partial charge is 0.382 e. The minimum absolute atomic E-state index is 0.405. The topological polar surface area (TPSA) is 195 Å². The maximum absolute atomic E-state index is 12.2. The molecular formula is C14H18N4O8. The van der Waals surface area contributed by atoms with Crippen LogP contribution >= 0.6 is 0 Å². The number of carbonyl (C=O) groups is 3. The minimum Gasteiger partial charge on any atom is -0.382 e. The highest BCUT2D eigenvalue weighted by molar-refractivity contribution is 5.99. The van der Waals surface area contributed by atoms with E-state index in [9.17, 15) is 34.5 Å². The number of ketones is 3. The van der Waals surface area contributed by atoms with E-state index in [0.717, 1.165) is 27.1 Å². The van der Waals surface area contributed by atoms with Gasteiger partial charge in [0.2, 0.25) is 11.5 Å². The molecule has 0 radical (unpaired) electrons. The van der Waals surface area contributed by atoms with Crippen LogP contribution in [0.15, 0.2) is 11.1 Å². The summed E-state index contributed by atoms with van der Waals surface area (Å²) >= 11 is 0. The van der Waals surface area contributed by atoms with E-state index in [2.05, 4.69) is 9.97 Å². The van der Waals surface area contributed by atoms with Crippen LogP contribution in [0.2, 0.25) is 0 Å². The lowest BCUT2D eigenvalue weighted by atomic mass is 9.73. The number of aliphatic hydroxyl groups is 3. The second-order valence-electron chi connectivity index (χ2n) is 6.01. The highest BCUT2D eigenvalue weighted by Crippen LogP contribution is 2.47. The van der Waals surface area contributed by atoms with E-state index in [1.54, 1.807) is 0 Å². The van der Waals surface area contributed by atoms with Crippen molar-refractivity contribution in [2.75, 3.05) is 5.73 Å². The molecule has 1 fully saturated rings. The third kappa shape index (κ3) is 2.54. The van der Waals surface area contributed by atoms with Crippen molar-refractivity contribution in [1.82, 2.24) is 14.5 Å². The van der Waals surface area contributed by atoms with Gasteiger partial charge in [-0.3, -0.25) is 19.0 Å². The molecule has 0 aliphatic carbocycles. The van der Waals surface area contributed by atoms with Gasteiger partial charge in [-0.05, 0) is 20.8 Å². The number of nitrogens with two attached hydrogens (primary N) is 1. The summed E-state index contributed by atoms with van der Waals surface area (Å²) in [6, 6.07) is 0. The predicted molar refractivity (Wildman–Crippen MR) is 82.6 cm³/mol. The van der Waals surface area contributed by atoms with Crippen LogP contribution in [0.5, 0.6) is 0 Å². The third-order valence-corrected chi connectivity index (χ3v) is 4.40. The van der Waals surface area contributed by atoms with Crippen molar-refractivity contribution >= 4 is 23.3 Å². The molecule has 26 heavy (non-hydrogen) atoms. The lowest BCUT2D eigenvalue weighted by molar-refractivity contribution is -0.184. The van der Waals surface area contributed by atoms with Gasteiger partial charge in [0.15, 0.2) is 29.2 Å². The zero-order chi connectivity index (χ0) is 20.0. The van der Waals surface area contributed by atoms with Crippen LogP contribution in [0.3, 0.4) is 0 Å². The summed E-state index contributed by atoms with van der Waals surface area (Å²) in [5, 5.41) is 31.9. The van der Waals surface area contributed by atoms with Gasteiger partial charge >= 0.3 is 5.69 Å². The summed E-state index contributed by atoms with van der Waals surface area (Å²) in [7, 11) is 0. The Kier molecular flexibility index (Phi) is 4.81. The first-order valence-corrected chi connectivity index (χ1v) is 7.40. The van der Waals surface area contributed by atoms with Crippen molar-refractivity contribution in [2.24, 2.45) is 0 Å². The van der Waals surface area contributed by atoms with E-state index in [0.29, 0.717) is 4.57 Å². The lowest BCUT2D eigenvalue weighted by Gasteiger charge is -2.37. The third-order valence-electron chi connectivity index (χ3n) is 4.40. The first-order chi connectivity index (χ1) is 11.9. The normalized spacial score (nSPS) is 32.2. The summed E-state index contributed by atoms with van der Waals surface area (Å²) in [5.74, 6) is -3.62. The fourth-order valence-electron chi connectivity index (χ4n) is 2.95. The zero-order valence-electron chi connectivity index (χ0n) is 14.1. The van der Waals surface area contributed by atoms with E-state index in [4.69, 9.17) is 10.5 Å². The van der Waals surface area contributed by atoms with Crippen LogP contribution in [-0.4, -0.2) is 70.6 Å². The number of hydrogen-bond donors (Lipinski definition) is 4. The van der Waals surface area contributed by atoms with E-state index in [1.165, 1.54) is 0 Å². The van der Waals surface area contributed by atoms with E-state index in [1.807, 2.05) is 0 Å². The van der Waals surface area contributed by atoms with Crippen molar-refractivity contribution < 1.29 is 34.4 Å². The van der Waals surface area contributed by atoms with Crippen LogP contribution in [0.1, 0.15) is 27.0 Å². The van der Waals surface area contributed by atoms with Crippen molar-refractivity contribution in [3.63, 3.8) is 0 Å². The highest BCUT2D eigenvalue weighted by Gasteiger charge is 2.73. The molecule has 1 saturated heterocycles. The molecule has 12 heteroatoms. The molecule has 142 valence electrons. The van der Waals surface area contributed by atoms with Crippen LogP contribution in [0, 0.1) is 0 Å². The molecular weight excluding hydrogens is 352 g/mol. The fourth-order valence-corrected chi connectivity index (χ4v) is 2.95. The Bertz CT molecular complexity index is 838. The van der Waals surface area contributed by atoms with Gasteiger partial charge in [-0.1, -0.05) is 0 Å². The van der Waals surface area contributed by atoms with Gasteiger partial charge < -0.3 is 25.8 Å². The van der Waals surface area contributed by atoms with E-state index >= 15 is 0 Å². The molecule has 5 atom stereocenters. The first kappa shape index (κ1) is 19.8. The minimum atomic E-state index is -3.02. The maximum atomic E-state index is 12.2. The molecule has 2 heterocycles. The van der Waals surface area contributed by atoms with Gasteiger partial charge in [-0.15, -0.1) is 0 Å². The maximum Gasteiger partial charge on any atom is 0.354 e. The summed E-state index contributed by atoms with van der Waals surface area (Å²) in [6.45, 7) is 2.63. The van der Waals surface area contributed by atoms with Gasteiger partial charge in [0.05, 0.1) is 0 Å². The Morgan fingerprint density at radius 2 is 1.77 bits per heavy atom. The molecule has 0 spiro atoms. The van der Waals surface area contributed by atoms with Crippen LogP contribution in [0.4, 0.5) is 5.95 Å². The second kappa shape index (κ2) is 6.32. The molecule has 0 unspecified atom stereocenters. The van der Waals surface area contributed by atoms with Crippen molar-refractivity contribution in [3.05, 3.63) is 16.8 Å². The monoisotopic (exact) mass is 370 g/mol. The van der Waals surface area contributed by atoms with Gasteiger partial charge in [0, 0.05) is 0 Å². The lowest BCUT2D eigenvalue weighted by Crippen LogP contribution is -2.68. The van der Waals surface area contributed by atoms with Crippen LogP contribution in [0.25, 0.3) is 0 Å². The van der Waals surface area contributed by atoms with E-state index < -0.39 is 58.6 Å². The smallest absolute Gasteiger partial charge is 0.354 e. The van der Waals surface area contributed by atoms with Gasteiger partial charge in [-0.25, -0.2) is 9.78 Å². The number of anilines is 1. The molecule has 0 bridgehead atoms. The summed E-state index contributed by atoms with van der Waals surface area (Å²) in [6.07, 6.45) is -5.31. The van der Waals surface area contributed by atoms with Gasteiger partial charge in [0.25, 0.3) is 0 Å². The van der Waals surface area contributed by atoms with Crippen LogP contribution in [-0.2, 0) is 19.1 Å². The molecule has 5 N–H and O–H groups in total. The number of Topliss-reactive ketones (excluding diaryl/α,β-unsaturated/α-hetero) is 3. The molecule has 1 aromatic heterocycles. The number of nitrogen functional groups attached to an aromatic ring is 1. The Morgan fingerprint density at radius 1 is 1.23 bits per heavy atom. The SMILES string of the molecule is CC(=O)[C@@H](O)[C@H]1O[C@@H](n2cnc(N)nc2=O)[C@@](O)(C(C)=O)[C@@]1(O)C(C)=O. The number of nitrogens with zero attached hydrogens (tertiary/aromatic N) is 3. The average Bonchev–Trinajstić information content (AvgIpc) is 2.78. The first-order valence-electron chi connectivity index (χ1n) is 7.40. The van der Waals surface area contributed by atoms with Gasteiger partial charge in [0.1, 0.15) is 18.5 Å². The number of aliphatic hydroxyl groups excluding tert-OH is 1. The molecule has 0 aromatic carbocycles. The average molecular weight is 370 g/mol. The summed E-state index contributed by atoms with van der Waals surface area (Å²) in [4.78, 5) is 54.8. The molecule has 0 saturated carbocycles.